The van der Waals surface area contributed by atoms with E-state index in [2.05, 4.69) is 69.3 Å². The SMILES string of the molecule is CCCCCCCCCCCCCCCOc1ccc(-c2ccc(C(C)OCCCCCC)cc2)cc1. The Morgan fingerprint density at radius 2 is 0.892 bits per heavy atom. The third kappa shape index (κ3) is 14.6. The molecule has 2 heteroatoms. The van der Waals surface area contributed by atoms with Crippen molar-refractivity contribution >= 4 is 0 Å². The van der Waals surface area contributed by atoms with Gasteiger partial charge in [0.25, 0.3) is 0 Å². The topological polar surface area (TPSA) is 18.5 Å². The first-order valence-electron chi connectivity index (χ1n) is 15.7. The van der Waals surface area contributed by atoms with Crippen LogP contribution in [0.1, 0.15) is 142 Å². The molecule has 2 aromatic carbocycles. The fraction of sp³-hybridized carbons (Fsp3) is 0.657. The van der Waals surface area contributed by atoms with E-state index in [0.29, 0.717) is 0 Å². The first-order valence-corrected chi connectivity index (χ1v) is 15.7. The summed E-state index contributed by atoms with van der Waals surface area (Å²) in [7, 11) is 0. The molecular weight excluding hydrogens is 452 g/mol. The Labute approximate surface area is 229 Å². The van der Waals surface area contributed by atoms with Crippen LogP contribution in [0.25, 0.3) is 11.1 Å². The molecule has 0 aromatic heterocycles. The van der Waals surface area contributed by atoms with Crippen molar-refractivity contribution in [1.82, 2.24) is 0 Å². The van der Waals surface area contributed by atoms with Crippen molar-refractivity contribution in [2.75, 3.05) is 13.2 Å². The van der Waals surface area contributed by atoms with Gasteiger partial charge in [-0.25, -0.2) is 0 Å². The van der Waals surface area contributed by atoms with Crippen LogP contribution in [0.2, 0.25) is 0 Å². The van der Waals surface area contributed by atoms with Crippen molar-refractivity contribution in [2.45, 2.75) is 136 Å². The van der Waals surface area contributed by atoms with Crippen LogP contribution in [0.3, 0.4) is 0 Å². The van der Waals surface area contributed by atoms with Gasteiger partial charge in [-0.05, 0) is 48.6 Å². The van der Waals surface area contributed by atoms with Crippen LogP contribution in [0.4, 0.5) is 0 Å². The molecule has 0 amide bonds. The largest absolute Gasteiger partial charge is 0.494 e. The molecule has 0 heterocycles. The molecule has 1 unspecified atom stereocenters. The van der Waals surface area contributed by atoms with Gasteiger partial charge in [0.1, 0.15) is 5.75 Å². The summed E-state index contributed by atoms with van der Waals surface area (Å²) in [4.78, 5) is 0. The van der Waals surface area contributed by atoms with E-state index in [0.717, 1.165) is 31.8 Å². The Bertz CT molecular complexity index is 765. The minimum absolute atomic E-state index is 0.150. The zero-order valence-corrected chi connectivity index (χ0v) is 24.4. The van der Waals surface area contributed by atoms with E-state index in [9.17, 15) is 0 Å². The highest BCUT2D eigenvalue weighted by Crippen LogP contribution is 2.25. The molecule has 2 nitrogen and oxygen atoms in total. The van der Waals surface area contributed by atoms with Crippen LogP contribution < -0.4 is 4.74 Å². The molecule has 0 bridgehead atoms. The smallest absolute Gasteiger partial charge is 0.119 e. The molecule has 0 spiro atoms. The second kappa shape index (κ2) is 21.2. The molecule has 0 radical (unpaired) electrons. The molecule has 0 N–H and O–H groups in total. The van der Waals surface area contributed by atoms with Crippen LogP contribution in [0.5, 0.6) is 5.75 Å². The minimum atomic E-state index is 0.150. The van der Waals surface area contributed by atoms with Gasteiger partial charge in [-0.3, -0.25) is 0 Å². The first kappa shape index (κ1) is 31.4. The van der Waals surface area contributed by atoms with Crippen molar-refractivity contribution in [2.24, 2.45) is 0 Å². The van der Waals surface area contributed by atoms with E-state index in [-0.39, 0.29) is 6.10 Å². The molecule has 0 aliphatic carbocycles. The Hall–Kier alpha value is -1.80. The van der Waals surface area contributed by atoms with Crippen LogP contribution in [-0.2, 0) is 4.74 Å². The van der Waals surface area contributed by atoms with Gasteiger partial charge in [-0.2, -0.15) is 0 Å². The molecule has 0 fully saturated rings. The van der Waals surface area contributed by atoms with Gasteiger partial charge in [0.05, 0.1) is 12.7 Å². The molecule has 0 aliphatic rings. The molecule has 208 valence electrons. The second-order valence-electron chi connectivity index (χ2n) is 10.8. The Kier molecular flexibility index (Phi) is 18.0. The quantitative estimate of drug-likeness (QED) is 0.139. The summed E-state index contributed by atoms with van der Waals surface area (Å²) in [5.41, 5.74) is 3.71. The number of unbranched alkanes of at least 4 members (excludes halogenated alkanes) is 15. The molecule has 0 aliphatic heterocycles. The Morgan fingerprint density at radius 3 is 1.41 bits per heavy atom. The van der Waals surface area contributed by atoms with Crippen molar-refractivity contribution in [3.8, 4) is 16.9 Å². The predicted octanol–water partition coefficient (Wildman–Crippen LogP) is 11.5. The summed E-state index contributed by atoms with van der Waals surface area (Å²) in [5, 5.41) is 0. The maximum atomic E-state index is 6.02. The van der Waals surface area contributed by atoms with E-state index >= 15 is 0 Å². The number of rotatable bonds is 23. The maximum absolute atomic E-state index is 6.02. The normalized spacial score (nSPS) is 12.1. The third-order valence-corrected chi connectivity index (χ3v) is 7.45. The fourth-order valence-electron chi connectivity index (χ4n) is 4.89. The Morgan fingerprint density at radius 1 is 0.486 bits per heavy atom. The second-order valence-corrected chi connectivity index (χ2v) is 10.8. The van der Waals surface area contributed by atoms with Gasteiger partial charge in [0.2, 0.25) is 0 Å². The highest BCUT2D eigenvalue weighted by atomic mass is 16.5. The van der Waals surface area contributed by atoms with Gasteiger partial charge in [0, 0.05) is 6.61 Å². The average Bonchev–Trinajstić information content (AvgIpc) is 2.93. The van der Waals surface area contributed by atoms with E-state index in [1.807, 2.05) is 0 Å². The molecule has 0 saturated carbocycles. The Balaban J connectivity index is 1.53. The lowest BCUT2D eigenvalue weighted by molar-refractivity contribution is 0.0628. The zero-order valence-electron chi connectivity index (χ0n) is 24.4. The predicted molar refractivity (Wildman–Crippen MR) is 162 cm³/mol. The highest BCUT2D eigenvalue weighted by molar-refractivity contribution is 5.64. The van der Waals surface area contributed by atoms with Crippen molar-refractivity contribution in [3.05, 3.63) is 54.1 Å². The third-order valence-electron chi connectivity index (χ3n) is 7.45. The summed E-state index contributed by atoms with van der Waals surface area (Å²) in [6, 6.07) is 17.4. The maximum Gasteiger partial charge on any atom is 0.119 e. The monoisotopic (exact) mass is 508 g/mol. The summed E-state index contributed by atoms with van der Waals surface area (Å²) in [5.74, 6) is 0.976. The lowest BCUT2D eigenvalue weighted by Gasteiger charge is -2.14. The van der Waals surface area contributed by atoms with Gasteiger partial charge < -0.3 is 9.47 Å². The number of hydrogen-bond donors (Lipinski definition) is 0. The summed E-state index contributed by atoms with van der Waals surface area (Å²) < 4.78 is 12.0. The average molecular weight is 509 g/mol. The minimum Gasteiger partial charge on any atom is -0.494 e. The van der Waals surface area contributed by atoms with E-state index in [4.69, 9.17) is 9.47 Å². The van der Waals surface area contributed by atoms with Crippen LogP contribution >= 0.6 is 0 Å². The molecule has 37 heavy (non-hydrogen) atoms. The van der Waals surface area contributed by atoms with E-state index in [1.54, 1.807) is 0 Å². The summed E-state index contributed by atoms with van der Waals surface area (Å²) in [6.45, 7) is 8.36. The van der Waals surface area contributed by atoms with Gasteiger partial charge in [-0.1, -0.05) is 147 Å². The lowest BCUT2D eigenvalue weighted by atomic mass is 10.0. The standard InChI is InChI=1S/C35H56O2/c1-4-6-8-10-11-12-13-14-15-16-17-18-20-30-37-35-27-25-34(26-28-35)33-23-21-32(22-24-33)31(3)36-29-19-9-7-5-2/h21-28,31H,4-20,29-30H2,1-3H3. The highest BCUT2D eigenvalue weighted by Gasteiger charge is 2.06. The van der Waals surface area contributed by atoms with Crippen LogP contribution in [0, 0.1) is 0 Å². The van der Waals surface area contributed by atoms with E-state index < -0.39 is 0 Å². The van der Waals surface area contributed by atoms with E-state index in [1.165, 1.54) is 113 Å². The van der Waals surface area contributed by atoms with Crippen LogP contribution in [0.15, 0.2) is 48.5 Å². The fourth-order valence-corrected chi connectivity index (χ4v) is 4.89. The van der Waals surface area contributed by atoms with Gasteiger partial charge in [0.15, 0.2) is 0 Å². The van der Waals surface area contributed by atoms with Crippen molar-refractivity contribution < 1.29 is 9.47 Å². The van der Waals surface area contributed by atoms with Crippen molar-refractivity contribution in [1.29, 1.82) is 0 Å². The van der Waals surface area contributed by atoms with Crippen LogP contribution in [-0.4, -0.2) is 13.2 Å². The zero-order chi connectivity index (χ0) is 26.4. The summed E-state index contributed by atoms with van der Waals surface area (Å²) in [6.07, 6.45) is 23.1. The number of benzene rings is 2. The molecule has 2 aromatic rings. The first-order chi connectivity index (χ1) is 18.2. The molecule has 0 saturated heterocycles. The number of ether oxygens (including phenoxy) is 2. The number of hydrogen-bond acceptors (Lipinski definition) is 2. The molecule has 1 atom stereocenters. The lowest BCUT2D eigenvalue weighted by Crippen LogP contribution is -2.01. The molecular formula is C35H56O2. The van der Waals surface area contributed by atoms with Gasteiger partial charge >= 0.3 is 0 Å². The van der Waals surface area contributed by atoms with Crippen molar-refractivity contribution in [3.63, 3.8) is 0 Å². The molecule has 2 rings (SSSR count). The summed E-state index contributed by atoms with van der Waals surface area (Å²) >= 11 is 0. The van der Waals surface area contributed by atoms with Gasteiger partial charge in [-0.15, -0.1) is 0 Å².